The van der Waals surface area contributed by atoms with Gasteiger partial charge in [0.15, 0.2) is 0 Å². The molecule has 2 heterocycles. The molecule has 0 saturated heterocycles. The highest BCUT2D eigenvalue weighted by Crippen LogP contribution is 2.41. The van der Waals surface area contributed by atoms with Crippen molar-refractivity contribution in [1.82, 2.24) is 9.38 Å². The number of rotatable bonds is 2. The molecule has 0 spiro atoms. The molecule has 2 heteroatoms. The van der Waals surface area contributed by atoms with Gasteiger partial charge in [-0.25, -0.2) is 4.98 Å². The maximum atomic E-state index is 5.06. The van der Waals surface area contributed by atoms with Crippen molar-refractivity contribution in [3.05, 3.63) is 108 Å². The number of aryl methyl sites for hydroxylation is 2. The Morgan fingerprint density at radius 2 is 1.16 bits per heavy atom. The van der Waals surface area contributed by atoms with Crippen molar-refractivity contribution in [1.29, 1.82) is 0 Å². The molecule has 0 aliphatic rings. The Morgan fingerprint density at radius 3 is 1.87 bits per heavy atom. The summed E-state index contributed by atoms with van der Waals surface area (Å²) in [6.07, 6.45) is 0. The molecule has 4 aromatic carbocycles. The first-order chi connectivity index (χ1) is 15.2. The number of nitrogens with zero attached hydrogens (tertiary/aromatic N) is 2. The molecule has 6 aromatic rings. The van der Waals surface area contributed by atoms with Crippen LogP contribution in [0.25, 0.3) is 49.8 Å². The SMILES string of the molecule is Cc1ccc(-c2c(-c3ccc(C)cc3)n3c4ccccc4nc3c3ccccc23)cc1. The van der Waals surface area contributed by atoms with E-state index in [4.69, 9.17) is 4.98 Å². The van der Waals surface area contributed by atoms with Crippen LogP contribution < -0.4 is 0 Å². The van der Waals surface area contributed by atoms with Crippen molar-refractivity contribution < 1.29 is 0 Å². The van der Waals surface area contributed by atoms with Crippen molar-refractivity contribution in [2.45, 2.75) is 13.8 Å². The molecule has 0 radical (unpaired) electrons. The molecule has 2 aromatic heterocycles. The van der Waals surface area contributed by atoms with Gasteiger partial charge in [-0.2, -0.15) is 0 Å². The average molecular weight is 399 g/mol. The van der Waals surface area contributed by atoms with Gasteiger partial charge in [0.05, 0.1) is 16.7 Å². The summed E-state index contributed by atoms with van der Waals surface area (Å²) in [7, 11) is 0. The van der Waals surface area contributed by atoms with E-state index in [0.29, 0.717) is 0 Å². The quantitative estimate of drug-likeness (QED) is 0.294. The van der Waals surface area contributed by atoms with Crippen molar-refractivity contribution in [3.63, 3.8) is 0 Å². The molecule has 0 amide bonds. The van der Waals surface area contributed by atoms with Crippen LogP contribution in [0.2, 0.25) is 0 Å². The minimum atomic E-state index is 1.00. The molecule has 0 unspecified atom stereocenters. The predicted molar refractivity (Wildman–Crippen MR) is 131 cm³/mol. The van der Waals surface area contributed by atoms with Crippen LogP contribution >= 0.6 is 0 Å². The minimum Gasteiger partial charge on any atom is -0.291 e. The molecule has 0 N–H and O–H groups in total. The molecule has 0 saturated carbocycles. The van der Waals surface area contributed by atoms with Gasteiger partial charge in [0.1, 0.15) is 5.65 Å². The number of hydrogen-bond donors (Lipinski definition) is 0. The van der Waals surface area contributed by atoms with Gasteiger partial charge in [-0.15, -0.1) is 0 Å². The summed E-state index contributed by atoms with van der Waals surface area (Å²) >= 11 is 0. The van der Waals surface area contributed by atoms with E-state index in [9.17, 15) is 0 Å². The fraction of sp³-hybridized carbons (Fsp3) is 0.0690. The Labute approximate surface area is 181 Å². The lowest BCUT2D eigenvalue weighted by atomic mass is 9.93. The van der Waals surface area contributed by atoms with Crippen molar-refractivity contribution in [2.24, 2.45) is 0 Å². The highest BCUT2D eigenvalue weighted by atomic mass is 15.0. The maximum Gasteiger partial charge on any atom is 0.146 e. The van der Waals surface area contributed by atoms with Gasteiger partial charge in [-0.1, -0.05) is 96.1 Å². The molecule has 2 nitrogen and oxygen atoms in total. The molecule has 31 heavy (non-hydrogen) atoms. The Balaban J connectivity index is 1.90. The summed E-state index contributed by atoms with van der Waals surface area (Å²) in [6.45, 7) is 4.27. The smallest absolute Gasteiger partial charge is 0.146 e. The first kappa shape index (κ1) is 17.9. The zero-order valence-corrected chi connectivity index (χ0v) is 17.6. The van der Waals surface area contributed by atoms with E-state index in [0.717, 1.165) is 16.7 Å². The fourth-order valence-electron chi connectivity index (χ4n) is 4.57. The molecule has 0 aliphatic carbocycles. The van der Waals surface area contributed by atoms with E-state index in [1.165, 1.54) is 44.3 Å². The van der Waals surface area contributed by atoms with Crippen LogP contribution in [-0.2, 0) is 0 Å². The summed E-state index contributed by atoms with van der Waals surface area (Å²) in [5.41, 5.74) is 10.5. The van der Waals surface area contributed by atoms with Gasteiger partial charge < -0.3 is 0 Å². The van der Waals surface area contributed by atoms with E-state index < -0.39 is 0 Å². The van der Waals surface area contributed by atoms with Crippen molar-refractivity contribution in [3.8, 4) is 22.4 Å². The standard InChI is InChI=1S/C29H22N2/c1-19-11-15-21(16-12-19)27-23-7-3-4-8-24(23)29-30-25-9-5-6-10-26(25)31(29)28(27)22-17-13-20(2)14-18-22/h3-18H,1-2H3. The summed E-state index contributed by atoms with van der Waals surface area (Å²) < 4.78 is 2.34. The Hall–Kier alpha value is -3.91. The molecule has 0 atom stereocenters. The maximum absolute atomic E-state index is 5.06. The van der Waals surface area contributed by atoms with Gasteiger partial charge in [-0.3, -0.25) is 4.40 Å². The second-order valence-corrected chi connectivity index (χ2v) is 8.26. The van der Waals surface area contributed by atoms with Crippen LogP contribution in [-0.4, -0.2) is 9.38 Å². The lowest BCUT2D eigenvalue weighted by molar-refractivity contribution is 1.25. The number of benzene rings is 4. The number of pyridine rings is 1. The second kappa shape index (κ2) is 6.82. The van der Waals surface area contributed by atoms with Gasteiger partial charge in [0.2, 0.25) is 0 Å². The van der Waals surface area contributed by atoms with Crippen LogP contribution in [0.4, 0.5) is 0 Å². The van der Waals surface area contributed by atoms with E-state index in [-0.39, 0.29) is 0 Å². The van der Waals surface area contributed by atoms with Crippen LogP contribution in [0, 0.1) is 13.8 Å². The molecule has 148 valence electrons. The van der Waals surface area contributed by atoms with E-state index in [1.54, 1.807) is 0 Å². The molecular weight excluding hydrogens is 376 g/mol. The average Bonchev–Trinajstić information content (AvgIpc) is 3.19. The largest absolute Gasteiger partial charge is 0.291 e. The van der Waals surface area contributed by atoms with E-state index in [2.05, 4.69) is 115 Å². The van der Waals surface area contributed by atoms with Crippen molar-refractivity contribution in [2.75, 3.05) is 0 Å². The highest BCUT2D eigenvalue weighted by molar-refractivity contribution is 6.10. The zero-order valence-electron chi connectivity index (χ0n) is 17.6. The Bertz CT molecular complexity index is 1570. The first-order valence-electron chi connectivity index (χ1n) is 10.7. The molecular formula is C29H22N2. The monoisotopic (exact) mass is 398 g/mol. The number of aromatic nitrogens is 2. The number of hydrogen-bond acceptors (Lipinski definition) is 1. The van der Waals surface area contributed by atoms with Gasteiger partial charge in [0, 0.05) is 10.9 Å². The third-order valence-corrected chi connectivity index (χ3v) is 6.12. The number of imidazole rings is 1. The van der Waals surface area contributed by atoms with Crippen LogP contribution in [0.5, 0.6) is 0 Å². The van der Waals surface area contributed by atoms with E-state index >= 15 is 0 Å². The summed E-state index contributed by atoms with van der Waals surface area (Å²) in [4.78, 5) is 5.06. The van der Waals surface area contributed by atoms with Gasteiger partial charge in [-0.05, 0) is 42.5 Å². The third-order valence-electron chi connectivity index (χ3n) is 6.12. The normalized spacial score (nSPS) is 11.5. The van der Waals surface area contributed by atoms with Crippen LogP contribution in [0.3, 0.4) is 0 Å². The van der Waals surface area contributed by atoms with Crippen LogP contribution in [0.1, 0.15) is 11.1 Å². The summed E-state index contributed by atoms with van der Waals surface area (Å²) in [5, 5.41) is 2.40. The zero-order chi connectivity index (χ0) is 20.9. The summed E-state index contributed by atoms with van der Waals surface area (Å²) in [6, 6.07) is 34.7. The lowest BCUT2D eigenvalue weighted by Gasteiger charge is -2.18. The predicted octanol–water partition coefficient (Wildman–Crippen LogP) is 7.59. The molecule has 0 fully saturated rings. The molecule has 0 bridgehead atoms. The minimum absolute atomic E-state index is 1.00. The second-order valence-electron chi connectivity index (χ2n) is 8.26. The Kier molecular flexibility index (Phi) is 3.94. The highest BCUT2D eigenvalue weighted by Gasteiger charge is 2.20. The van der Waals surface area contributed by atoms with E-state index in [1.807, 2.05) is 0 Å². The molecule has 0 aliphatic heterocycles. The van der Waals surface area contributed by atoms with Crippen LogP contribution in [0.15, 0.2) is 97.1 Å². The Morgan fingerprint density at radius 1 is 0.581 bits per heavy atom. The topological polar surface area (TPSA) is 17.3 Å². The number of para-hydroxylation sites is 2. The fourth-order valence-corrected chi connectivity index (χ4v) is 4.57. The van der Waals surface area contributed by atoms with Gasteiger partial charge >= 0.3 is 0 Å². The number of fused-ring (bicyclic) bond motifs is 5. The van der Waals surface area contributed by atoms with Crippen molar-refractivity contribution >= 4 is 27.5 Å². The first-order valence-corrected chi connectivity index (χ1v) is 10.7. The third kappa shape index (κ3) is 2.76. The lowest BCUT2D eigenvalue weighted by Crippen LogP contribution is -1.99. The summed E-state index contributed by atoms with van der Waals surface area (Å²) in [5.74, 6) is 0. The van der Waals surface area contributed by atoms with Gasteiger partial charge in [0.25, 0.3) is 0 Å². The molecule has 6 rings (SSSR count).